The SMILES string of the molecule is Cc1cc2c(c(C)c1-c1cccc(CO)c1)C(=O)CO2. The highest BCUT2D eigenvalue weighted by Crippen LogP contribution is 2.37. The minimum atomic E-state index is 0.0128. The molecule has 0 radical (unpaired) electrons. The molecule has 0 amide bonds. The lowest BCUT2D eigenvalue weighted by atomic mass is 9.90. The third-order valence-corrected chi connectivity index (χ3v) is 3.77. The number of aryl methyl sites for hydroxylation is 1. The summed E-state index contributed by atoms with van der Waals surface area (Å²) < 4.78 is 5.42. The standard InChI is InChI=1S/C17H16O3/c1-10-6-15-17(14(19)9-20-15)11(2)16(10)13-5-3-4-12(7-13)8-18/h3-7,18H,8-9H2,1-2H3. The first kappa shape index (κ1) is 12.9. The van der Waals surface area contributed by atoms with Crippen LogP contribution in [0.1, 0.15) is 27.0 Å². The van der Waals surface area contributed by atoms with E-state index in [0.29, 0.717) is 11.3 Å². The number of rotatable bonds is 2. The maximum Gasteiger partial charge on any atom is 0.204 e. The summed E-state index contributed by atoms with van der Waals surface area (Å²) in [5.41, 5.74) is 5.67. The van der Waals surface area contributed by atoms with Gasteiger partial charge in [0.2, 0.25) is 5.78 Å². The number of fused-ring (bicyclic) bond motifs is 1. The Morgan fingerprint density at radius 3 is 2.75 bits per heavy atom. The van der Waals surface area contributed by atoms with Crippen LogP contribution < -0.4 is 4.74 Å². The monoisotopic (exact) mass is 268 g/mol. The van der Waals surface area contributed by atoms with Gasteiger partial charge in [0.15, 0.2) is 6.61 Å². The third-order valence-electron chi connectivity index (χ3n) is 3.77. The van der Waals surface area contributed by atoms with Crippen LogP contribution in [0, 0.1) is 13.8 Å². The topological polar surface area (TPSA) is 46.5 Å². The van der Waals surface area contributed by atoms with Crippen molar-refractivity contribution >= 4 is 5.78 Å². The lowest BCUT2D eigenvalue weighted by Crippen LogP contribution is -2.02. The molecule has 0 bridgehead atoms. The minimum Gasteiger partial charge on any atom is -0.485 e. The minimum absolute atomic E-state index is 0.0128. The van der Waals surface area contributed by atoms with Crippen LogP contribution in [0.2, 0.25) is 0 Å². The van der Waals surface area contributed by atoms with Gasteiger partial charge in [-0.15, -0.1) is 0 Å². The number of aliphatic hydroxyl groups is 1. The van der Waals surface area contributed by atoms with E-state index < -0.39 is 0 Å². The van der Waals surface area contributed by atoms with Gasteiger partial charge in [-0.2, -0.15) is 0 Å². The van der Waals surface area contributed by atoms with Gasteiger partial charge in [-0.05, 0) is 53.8 Å². The van der Waals surface area contributed by atoms with Crippen LogP contribution in [0.4, 0.5) is 0 Å². The van der Waals surface area contributed by atoms with Crippen molar-refractivity contribution in [2.24, 2.45) is 0 Å². The molecule has 1 aliphatic heterocycles. The molecule has 20 heavy (non-hydrogen) atoms. The van der Waals surface area contributed by atoms with Crippen LogP contribution in [0.3, 0.4) is 0 Å². The molecule has 0 atom stereocenters. The van der Waals surface area contributed by atoms with E-state index in [1.54, 1.807) is 0 Å². The molecule has 1 aliphatic rings. The van der Waals surface area contributed by atoms with Crippen LogP contribution in [-0.4, -0.2) is 17.5 Å². The van der Waals surface area contributed by atoms with E-state index in [-0.39, 0.29) is 19.0 Å². The number of carbonyl (C=O) groups is 1. The average Bonchev–Trinajstić information content (AvgIpc) is 2.80. The Labute approximate surface area is 117 Å². The number of carbonyl (C=O) groups excluding carboxylic acids is 1. The Bertz CT molecular complexity index is 702. The molecular weight excluding hydrogens is 252 g/mol. The molecule has 0 aliphatic carbocycles. The molecule has 1 N–H and O–H groups in total. The first-order valence-corrected chi connectivity index (χ1v) is 6.62. The Balaban J connectivity index is 2.24. The van der Waals surface area contributed by atoms with Gasteiger partial charge in [-0.3, -0.25) is 4.79 Å². The molecule has 1 heterocycles. The van der Waals surface area contributed by atoms with E-state index in [1.807, 2.05) is 44.2 Å². The van der Waals surface area contributed by atoms with Gasteiger partial charge >= 0.3 is 0 Å². The molecule has 0 saturated heterocycles. The van der Waals surface area contributed by atoms with Gasteiger partial charge in [0.25, 0.3) is 0 Å². The van der Waals surface area contributed by atoms with Crippen LogP contribution >= 0.6 is 0 Å². The Morgan fingerprint density at radius 1 is 1.20 bits per heavy atom. The van der Waals surface area contributed by atoms with E-state index >= 15 is 0 Å². The quantitative estimate of drug-likeness (QED) is 0.910. The highest BCUT2D eigenvalue weighted by Gasteiger charge is 2.26. The molecular formula is C17H16O3. The fourth-order valence-corrected chi connectivity index (χ4v) is 2.89. The average molecular weight is 268 g/mol. The molecule has 2 aromatic carbocycles. The number of benzene rings is 2. The van der Waals surface area contributed by atoms with Gasteiger partial charge < -0.3 is 9.84 Å². The van der Waals surface area contributed by atoms with Crippen molar-refractivity contribution in [1.82, 2.24) is 0 Å². The number of Topliss-reactive ketones (excluding diaryl/α,β-unsaturated/α-hetero) is 1. The van der Waals surface area contributed by atoms with E-state index in [0.717, 1.165) is 27.8 Å². The maximum absolute atomic E-state index is 11.9. The molecule has 3 heteroatoms. The number of ether oxygens (including phenoxy) is 1. The van der Waals surface area contributed by atoms with Gasteiger partial charge in [0.1, 0.15) is 5.75 Å². The fraction of sp³-hybridized carbons (Fsp3) is 0.235. The molecule has 0 aromatic heterocycles. The van der Waals surface area contributed by atoms with Crippen molar-refractivity contribution in [2.75, 3.05) is 6.61 Å². The van der Waals surface area contributed by atoms with Gasteiger partial charge in [0.05, 0.1) is 12.2 Å². The van der Waals surface area contributed by atoms with E-state index in [4.69, 9.17) is 4.74 Å². The first-order chi connectivity index (χ1) is 9.61. The normalized spacial score (nSPS) is 13.2. The smallest absolute Gasteiger partial charge is 0.204 e. The molecule has 2 aromatic rings. The lowest BCUT2D eigenvalue weighted by molar-refractivity contribution is 0.0961. The fourth-order valence-electron chi connectivity index (χ4n) is 2.89. The number of ketones is 1. The molecule has 102 valence electrons. The number of hydrogen-bond acceptors (Lipinski definition) is 3. The second kappa shape index (κ2) is 4.76. The zero-order chi connectivity index (χ0) is 14.3. The zero-order valence-electron chi connectivity index (χ0n) is 11.6. The summed E-state index contributed by atoms with van der Waals surface area (Å²) >= 11 is 0. The summed E-state index contributed by atoms with van der Waals surface area (Å²) in [6, 6.07) is 9.69. The van der Waals surface area contributed by atoms with Crippen molar-refractivity contribution in [3.8, 4) is 16.9 Å². The highest BCUT2D eigenvalue weighted by molar-refractivity contribution is 6.05. The Kier molecular flexibility index (Phi) is 3.07. The predicted molar refractivity (Wildman–Crippen MR) is 77.1 cm³/mol. The summed E-state index contributed by atoms with van der Waals surface area (Å²) in [6.07, 6.45) is 0. The molecule has 3 nitrogen and oxygen atoms in total. The molecule has 3 rings (SSSR count). The highest BCUT2D eigenvalue weighted by atomic mass is 16.5. The van der Waals surface area contributed by atoms with E-state index in [2.05, 4.69) is 0 Å². The summed E-state index contributed by atoms with van der Waals surface area (Å²) in [7, 11) is 0. The summed E-state index contributed by atoms with van der Waals surface area (Å²) in [5.74, 6) is 0.726. The zero-order valence-corrected chi connectivity index (χ0v) is 11.6. The van der Waals surface area contributed by atoms with Crippen molar-refractivity contribution in [1.29, 1.82) is 0 Å². The Hall–Kier alpha value is -2.13. The number of aliphatic hydroxyl groups excluding tert-OH is 1. The van der Waals surface area contributed by atoms with Crippen LogP contribution in [0.15, 0.2) is 30.3 Å². The molecule has 0 spiro atoms. The van der Waals surface area contributed by atoms with E-state index in [9.17, 15) is 9.90 Å². The molecule has 0 saturated carbocycles. The summed E-state index contributed by atoms with van der Waals surface area (Å²) in [4.78, 5) is 11.9. The largest absolute Gasteiger partial charge is 0.485 e. The third kappa shape index (κ3) is 1.91. The summed E-state index contributed by atoms with van der Waals surface area (Å²) in [5, 5.41) is 9.27. The Morgan fingerprint density at radius 2 is 2.00 bits per heavy atom. The first-order valence-electron chi connectivity index (χ1n) is 6.62. The van der Waals surface area contributed by atoms with E-state index in [1.165, 1.54) is 0 Å². The molecule has 0 unspecified atom stereocenters. The second-order valence-corrected chi connectivity index (χ2v) is 5.14. The van der Waals surface area contributed by atoms with Crippen LogP contribution in [0.25, 0.3) is 11.1 Å². The predicted octanol–water partition coefficient (Wildman–Crippen LogP) is 3.04. The molecule has 0 fully saturated rings. The van der Waals surface area contributed by atoms with Gasteiger partial charge in [-0.1, -0.05) is 18.2 Å². The van der Waals surface area contributed by atoms with Crippen molar-refractivity contribution in [2.45, 2.75) is 20.5 Å². The van der Waals surface area contributed by atoms with Crippen LogP contribution in [0.5, 0.6) is 5.75 Å². The van der Waals surface area contributed by atoms with Crippen molar-refractivity contribution in [3.05, 3.63) is 52.6 Å². The lowest BCUT2D eigenvalue weighted by Gasteiger charge is -2.14. The van der Waals surface area contributed by atoms with Crippen molar-refractivity contribution < 1.29 is 14.6 Å². The van der Waals surface area contributed by atoms with Crippen molar-refractivity contribution in [3.63, 3.8) is 0 Å². The van der Waals surface area contributed by atoms with Gasteiger partial charge in [0, 0.05) is 0 Å². The second-order valence-electron chi connectivity index (χ2n) is 5.14. The maximum atomic E-state index is 11.9. The summed E-state index contributed by atoms with van der Waals surface area (Å²) in [6.45, 7) is 4.12. The van der Waals surface area contributed by atoms with Crippen LogP contribution in [-0.2, 0) is 6.61 Å². The number of hydrogen-bond donors (Lipinski definition) is 1. The van der Waals surface area contributed by atoms with Gasteiger partial charge in [-0.25, -0.2) is 0 Å².